The topological polar surface area (TPSA) is 3.24 Å². The lowest BCUT2D eigenvalue weighted by Crippen LogP contribution is -2.22. The van der Waals surface area contributed by atoms with E-state index in [9.17, 15) is 0 Å². The highest BCUT2D eigenvalue weighted by Crippen LogP contribution is 2.31. The molecule has 2 aromatic carbocycles. The first kappa shape index (κ1) is 14.0. The average Bonchev–Trinajstić information content (AvgIpc) is 2.69. The molecule has 1 aliphatic rings. The van der Waals surface area contributed by atoms with Crippen molar-refractivity contribution in [2.45, 2.75) is 24.7 Å². The highest BCUT2D eigenvalue weighted by Gasteiger charge is 2.16. The van der Waals surface area contributed by atoms with Gasteiger partial charge in [0.05, 0.1) is 10.7 Å². The predicted molar refractivity (Wildman–Crippen MR) is 89.9 cm³/mol. The van der Waals surface area contributed by atoms with Crippen LogP contribution in [0.5, 0.6) is 0 Å². The molecule has 0 unspecified atom stereocenters. The van der Waals surface area contributed by atoms with Crippen LogP contribution in [0.3, 0.4) is 0 Å². The third-order valence-corrected chi connectivity index (χ3v) is 4.81. The van der Waals surface area contributed by atoms with Crippen molar-refractivity contribution in [1.29, 1.82) is 0 Å². The number of alkyl halides is 1. The fourth-order valence-corrected chi connectivity index (χ4v) is 3.47. The molecule has 1 aliphatic heterocycles. The van der Waals surface area contributed by atoms with Gasteiger partial charge in [-0.25, -0.2) is 0 Å². The van der Waals surface area contributed by atoms with Gasteiger partial charge in [-0.3, -0.25) is 0 Å². The van der Waals surface area contributed by atoms with Crippen molar-refractivity contribution < 1.29 is 0 Å². The van der Waals surface area contributed by atoms with E-state index < -0.39 is 0 Å². The summed E-state index contributed by atoms with van der Waals surface area (Å²) in [5, 5.41) is 1.69. The van der Waals surface area contributed by atoms with E-state index in [2.05, 4.69) is 63.3 Å². The van der Waals surface area contributed by atoms with Crippen molar-refractivity contribution >= 4 is 33.2 Å². The number of hydrogen-bond acceptors (Lipinski definition) is 1. The van der Waals surface area contributed by atoms with E-state index in [1.54, 1.807) is 0 Å². The zero-order chi connectivity index (χ0) is 13.9. The molecule has 0 aromatic heterocycles. The highest BCUT2D eigenvalue weighted by molar-refractivity contribution is 9.08. The number of aryl methyl sites for hydroxylation is 1. The first-order valence-electron chi connectivity index (χ1n) is 6.94. The minimum Gasteiger partial charge on any atom is -0.366 e. The maximum absolute atomic E-state index is 6.46. The normalized spacial score (nSPS) is 14.8. The first-order chi connectivity index (χ1) is 9.78. The predicted octanol–water partition coefficient (Wildman–Crippen LogP) is 5.19. The van der Waals surface area contributed by atoms with E-state index in [-0.39, 0.29) is 0 Å². The minimum absolute atomic E-state index is 0.843. The molecule has 1 nitrogen and oxygen atoms in total. The van der Waals surface area contributed by atoms with Gasteiger partial charge in [-0.2, -0.15) is 0 Å². The summed E-state index contributed by atoms with van der Waals surface area (Å²) in [4.78, 5) is 2.40. The van der Waals surface area contributed by atoms with Gasteiger partial charge in [0.1, 0.15) is 0 Å². The summed E-state index contributed by atoms with van der Waals surface area (Å²) >= 11 is 9.93. The lowest BCUT2D eigenvalue weighted by atomic mass is 10.0. The molecule has 0 saturated carbocycles. The maximum Gasteiger partial charge on any atom is 0.0642 e. The van der Waals surface area contributed by atoms with Crippen molar-refractivity contribution in [2.75, 3.05) is 11.4 Å². The van der Waals surface area contributed by atoms with E-state index in [1.165, 1.54) is 23.1 Å². The van der Waals surface area contributed by atoms with Gasteiger partial charge in [-0.1, -0.05) is 57.9 Å². The molecule has 0 radical (unpaired) electrons. The Morgan fingerprint density at radius 3 is 2.65 bits per heavy atom. The van der Waals surface area contributed by atoms with Gasteiger partial charge >= 0.3 is 0 Å². The Hall–Kier alpha value is -0.990. The zero-order valence-corrected chi connectivity index (χ0v) is 13.6. The lowest BCUT2D eigenvalue weighted by molar-refractivity contribution is 0.766. The Kier molecular flexibility index (Phi) is 4.32. The molecule has 0 atom stereocenters. The Labute approximate surface area is 133 Å². The van der Waals surface area contributed by atoms with Crippen molar-refractivity contribution in [3.05, 3.63) is 64.2 Å². The number of halogens is 2. The molecule has 0 N–H and O–H groups in total. The second-order valence-electron chi connectivity index (χ2n) is 5.21. The Morgan fingerprint density at radius 1 is 1.10 bits per heavy atom. The van der Waals surface area contributed by atoms with Gasteiger partial charge < -0.3 is 4.90 Å². The number of rotatable bonds is 2. The van der Waals surface area contributed by atoms with Gasteiger partial charge in [-0.05, 0) is 41.7 Å². The van der Waals surface area contributed by atoms with Crippen LogP contribution < -0.4 is 4.90 Å². The van der Waals surface area contributed by atoms with Gasteiger partial charge in [-0.15, -0.1) is 0 Å². The summed E-state index contributed by atoms with van der Waals surface area (Å²) in [6.45, 7) is 2.01. The molecule has 3 heteroatoms. The van der Waals surface area contributed by atoms with Crippen LogP contribution in [0.15, 0.2) is 42.5 Å². The van der Waals surface area contributed by atoms with Crippen LogP contribution >= 0.6 is 27.5 Å². The number of anilines is 1. The number of hydrogen-bond donors (Lipinski definition) is 0. The van der Waals surface area contributed by atoms with Crippen LogP contribution in [-0.2, 0) is 18.3 Å². The summed E-state index contributed by atoms with van der Waals surface area (Å²) in [5.41, 5.74) is 5.26. The van der Waals surface area contributed by atoms with E-state index in [0.717, 1.165) is 35.6 Å². The molecule has 2 aromatic rings. The highest BCUT2D eigenvalue weighted by atomic mass is 79.9. The monoisotopic (exact) mass is 349 g/mol. The SMILES string of the molecule is Clc1cc(CBr)ccc1N1CCCc2ccccc2C1. The van der Waals surface area contributed by atoms with E-state index >= 15 is 0 Å². The quantitative estimate of drug-likeness (QED) is 0.674. The molecule has 1 heterocycles. The summed E-state index contributed by atoms with van der Waals surface area (Å²) < 4.78 is 0. The van der Waals surface area contributed by atoms with Crippen LogP contribution in [0.1, 0.15) is 23.1 Å². The van der Waals surface area contributed by atoms with Gasteiger partial charge in [0.2, 0.25) is 0 Å². The Bertz CT molecular complexity index is 612. The van der Waals surface area contributed by atoms with Gasteiger partial charge in [0, 0.05) is 18.4 Å². The van der Waals surface area contributed by atoms with Gasteiger partial charge in [0.15, 0.2) is 0 Å². The minimum atomic E-state index is 0.843. The molecule has 20 heavy (non-hydrogen) atoms. The van der Waals surface area contributed by atoms with Crippen LogP contribution in [-0.4, -0.2) is 6.54 Å². The zero-order valence-electron chi connectivity index (χ0n) is 11.3. The van der Waals surface area contributed by atoms with Crippen molar-refractivity contribution in [3.8, 4) is 0 Å². The van der Waals surface area contributed by atoms with Crippen LogP contribution in [0, 0.1) is 0 Å². The van der Waals surface area contributed by atoms with Crippen LogP contribution in [0.4, 0.5) is 5.69 Å². The first-order valence-corrected chi connectivity index (χ1v) is 8.44. The van der Waals surface area contributed by atoms with Crippen LogP contribution in [0.2, 0.25) is 5.02 Å². The molecule has 0 amide bonds. The second kappa shape index (κ2) is 6.19. The molecule has 3 rings (SSSR count). The summed E-state index contributed by atoms with van der Waals surface area (Å²) in [5.74, 6) is 0. The fraction of sp³-hybridized carbons (Fsp3) is 0.294. The lowest BCUT2D eigenvalue weighted by Gasteiger charge is -2.24. The molecule has 0 saturated heterocycles. The number of benzene rings is 2. The van der Waals surface area contributed by atoms with Crippen LogP contribution in [0.25, 0.3) is 0 Å². The summed E-state index contributed by atoms with van der Waals surface area (Å²) in [6, 6.07) is 15.1. The van der Waals surface area contributed by atoms with Crippen molar-refractivity contribution in [1.82, 2.24) is 0 Å². The molecule has 104 valence electrons. The van der Waals surface area contributed by atoms with E-state index in [0.29, 0.717) is 0 Å². The molecule has 0 fully saturated rings. The largest absolute Gasteiger partial charge is 0.366 e. The average molecular weight is 351 g/mol. The maximum atomic E-state index is 6.46. The summed E-state index contributed by atoms with van der Waals surface area (Å²) in [7, 11) is 0. The fourth-order valence-electron chi connectivity index (χ4n) is 2.80. The third kappa shape index (κ3) is 2.87. The molecular weight excluding hydrogens is 334 g/mol. The van der Waals surface area contributed by atoms with Gasteiger partial charge in [0.25, 0.3) is 0 Å². The smallest absolute Gasteiger partial charge is 0.0642 e. The number of fused-ring (bicyclic) bond motifs is 1. The Morgan fingerprint density at radius 2 is 1.90 bits per heavy atom. The van der Waals surface area contributed by atoms with Crippen molar-refractivity contribution in [2.24, 2.45) is 0 Å². The molecule has 0 bridgehead atoms. The molecular formula is C17H17BrClN. The van der Waals surface area contributed by atoms with E-state index in [1.807, 2.05) is 0 Å². The summed E-state index contributed by atoms with van der Waals surface area (Å²) in [6.07, 6.45) is 2.33. The van der Waals surface area contributed by atoms with Crippen molar-refractivity contribution in [3.63, 3.8) is 0 Å². The number of nitrogens with zero attached hydrogens (tertiary/aromatic N) is 1. The Balaban J connectivity index is 1.91. The molecule has 0 spiro atoms. The molecule has 0 aliphatic carbocycles. The second-order valence-corrected chi connectivity index (χ2v) is 6.18. The van der Waals surface area contributed by atoms with E-state index in [4.69, 9.17) is 11.6 Å². The third-order valence-electron chi connectivity index (χ3n) is 3.86. The standard InChI is InChI=1S/C17H17BrClN/c18-11-13-7-8-17(16(19)10-13)20-9-3-6-14-4-1-2-5-15(14)12-20/h1-2,4-5,7-8,10H,3,6,9,11-12H2.